The number of ketones is 2. The first-order valence-electron chi connectivity index (χ1n) is 12.9. The Balaban J connectivity index is 1.34. The second kappa shape index (κ2) is 8.41. The molecule has 39 heavy (non-hydrogen) atoms. The molecule has 2 saturated heterocycles. The lowest BCUT2D eigenvalue weighted by molar-refractivity contribution is -0.127. The van der Waals surface area contributed by atoms with E-state index in [2.05, 4.69) is 0 Å². The van der Waals surface area contributed by atoms with E-state index in [4.69, 9.17) is 4.74 Å². The summed E-state index contributed by atoms with van der Waals surface area (Å²) in [5, 5.41) is 0. The van der Waals surface area contributed by atoms with Gasteiger partial charge in [-0.3, -0.25) is 19.2 Å². The van der Waals surface area contributed by atoms with E-state index in [0.29, 0.717) is 11.3 Å². The molecule has 1 aliphatic carbocycles. The quantitative estimate of drug-likeness (QED) is 0.272. The number of ether oxygens (including phenoxy) is 1. The van der Waals surface area contributed by atoms with Gasteiger partial charge in [0, 0.05) is 11.1 Å². The molecule has 2 heterocycles. The van der Waals surface area contributed by atoms with E-state index in [1.54, 1.807) is 36.4 Å². The third-order valence-corrected chi connectivity index (χ3v) is 8.16. The Kier molecular flexibility index (Phi) is 5.06. The lowest BCUT2D eigenvalue weighted by Crippen LogP contribution is -2.51. The van der Waals surface area contributed by atoms with E-state index in [-0.39, 0.29) is 11.1 Å². The number of hydrogen-bond acceptors (Lipinski definition) is 5. The fourth-order valence-corrected chi connectivity index (χ4v) is 6.26. The minimum atomic E-state index is -2.07. The Morgan fingerprint density at radius 1 is 0.641 bits per heavy atom. The summed E-state index contributed by atoms with van der Waals surface area (Å²) < 4.78 is 6.34. The summed E-state index contributed by atoms with van der Waals surface area (Å²) >= 11 is 0. The second-order valence-corrected chi connectivity index (χ2v) is 10.3. The maximum absolute atomic E-state index is 14.1. The van der Waals surface area contributed by atoms with Gasteiger partial charge in [-0.2, -0.15) is 0 Å². The van der Waals surface area contributed by atoms with Crippen LogP contribution in [0.3, 0.4) is 0 Å². The van der Waals surface area contributed by atoms with Crippen LogP contribution in [-0.4, -0.2) is 29.0 Å². The molecule has 2 aliphatic heterocycles. The van der Waals surface area contributed by atoms with Crippen LogP contribution in [0, 0.1) is 18.8 Å². The fraction of sp³-hybridized carbons (Fsp3) is 0.152. The average molecular weight is 514 g/mol. The number of imide groups is 1. The van der Waals surface area contributed by atoms with Crippen LogP contribution in [0.2, 0.25) is 0 Å². The maximum Gasteiger partial charge on any atom is 0.241 e. The topological polar surface area (TPSA) is 80.8 Å². The van der Waals surface area contributed by atoms with Crippen molar-refractivity contribution in [1.29, 1.82) is 0 Å². The van der Waals surface area contributed by atoms with E-state index in [0.717, 1.165) is 21.6 Å². The molecular weight excluding hydrogens is 490 g/mol. The molecule has 2 amide bonds. The van der Waals surface area contributed by atoms with Gasteiger partial charge in [0.25, 0.3) is 0 Å². The van der Waals surface area contributed by atoms with Crippen LogP contribution in [0.15, 0.2) is 103 Å². The third kappa shape index (κ3) is 3.18. The van der Waals surface area contributed by atoms with Crippen molar-refractivity contribution in [3.63, 3.8) is 0 Å². The van der Waals surface area contributed by atoms with Crippen LogP contribution in [0.4, 0.5) is 5.69 Å². The first-order valence-corrected chi connectivity index (χ1v) is 12.9. The van der Waals surface area contributed by atoms with Crippen molar-refractivity contribution in [2.24, 2.45) is 11.8 Å². The summed E-state index contributed by atoms with van der Waals surface area (Å²) in [5.41, 5.74) is 2.36. The number of nitrogens with zero attached hydrogens (tertiary/aromatic N) is 1. The number of Topliss-reactive ketones (excluding diaryl/α,β-unsaturated/α-hetero) is 2. The Bertz CT molecular complexity index is 1640. The number of benzene rings is 4. The molecule has 6 heteroatoms. The van der Waals surface area contributed by atoms with Crippen molar-refractivity contribution in [2.45, 2.75) is 18.6 Å². The molecule has 7 rings (SSSR count). The van der Waals surface area contributed by atoms with Crippen LogP contribution in [0.5, 0.6) is 0 Å². The molecule has 3 atom stereocenters. The largest absolute Gasteiger partial charge is 0.349 e. The molecule has 4 aromatic carbocycles. The lowest BCUT2D eigenvalue weighted by atomic mass is 9.77. The van der Waals surface area contributed by atoms with Gasteiger partial charge in [-0.1, -0.05) is 96.6 Å². The van der Waals surface area contributed by atoms with Gasteiger partial charge in [-0.05, 0) is 35.7 Å². The minimum Gasteiger partial charge on any atom is -0.349 e. The van der Waals surface area contributed by atoms with Gasteiger partial charge in [-0.15, -0.1) is 0 Å². The van der Waals surface area contributed by atoms with Crippen molar-refractivity contribution >= 4 is 29.1 Å². The molecule has 190 valence electrons. The van der Waals surface area contributed by atoms with E-state index >= 15 is 0 Å². The molecule has 0 aromatic heterocycles. The van der Waals surface area contributed by atoms with E-state index in [9.17, 15) is 19.2 Å². The summed E-state index contributed by atoms with van der Waals surface area (Å²) in [5.74, 6) is -4.47. The number of aryl methyl sites for hydroxylation is 1. The summed E-state index contributed by atoms with van der Waals surface area (Å²) in [4.78, 5) is 57.0. The summed E-state index contributed by atoms with van der Waals surface area (Å²) in [7, 11) is 0. The number of amides is 2. The highest BCUT2D eigenvalue weighted by Gasteiger charge is 2.74. The maximum atomic E-state index is 14.1. The molecule has 0 unspecified atom stereocenters. The monoisotopic (exact) mass is 513 g/mol. The zero-order valence-electron chi connectivity index (χ0n) is 21.0. The smallest absolute Gasteiger partial charge is 0.241 e. The molecule has 0 radical (unpaired) electrons. The van der Waals surface area contributed by atoms with E-state index < -0.39 is 46.9 Å². The van der Waals surface area contributed by atoms with Crippen LogP contribution < -0.4 is 4.90 Å². The molecule has 0 N–H and O–H groups in total. The van der Waals surface area contributed by atoms with E-state index in [1.807, 2.05) is 73.7 Å². The van der Waals surface area contributed by atoms with Crippen molar-refractivity contribution < 1.29 is 23.9 Å². The van der Waals surface area contributed by atoms with Crippen molar-refractivity contribution in [3.05, 3.63) is 125 Å². The predicted octanol–water partition coefficient (Wildman–Crippen LogP) is 5.36. The SMILES string of the molecule is Cc1ccc([C@H]2OC3(C(=O)c4ccccc4C3=O)[C@@H]3C(=O)N(c4ccc(-c5ccccc5)cc4)C(=O)[C@@H]23)cc1. The Hall–Kier alpha value is -4.68. The lowest BCUT2D eigenvalue weighted by Gasteiger charge is -2.27. The highest BCUT2D eigenvalue weighted by atomic mass is 16.5. The van der Waals surface area contributed by atoms with Crippen LogP contribution >= 0.6 is 0 Å². The number of carbonyl (C=O) groups is 4. The van der Waals surface area contributed by atoms with Crippen molar-refractivity contribution in [1.82, 2.24) is 0 Å². The molecule has 4 aromatic rings. The van der Waals surface area contributed by atoms with Crippen molar-refractivity contribution in [3.8, 4) is 11.1 Å². The molecule has 3 aliphatic rings. The summed E-state index contributed by atoms with van der Waals surface area (Å²) in [6, 6.07) is 30.8. The van der Waals surface area contributed by atoms with Gasteiger partial charge in [0.1, 0.15) is 0 Å². The van der Waals surface area contributed by atoms with Gasteiger partial charge in [0.2, 0.25) is 29.0 Å². The van der Waals surface area contributed by atoms with Gasteiger partial charge in [-0.25, -0.2) is 4.90 Å². The van der Waals surface area contributed by atoms with Crippen LogP contribution in [0.1, 0.15) is 37.9 Å². The molecule has 0 saturated carbocycles. The minimum absolute atomic E-state index is 0.219. The molecule has 0 bridgehead atoms. The summed E-state index contributed by atoms with van der Waals surface area (Å²) in [6.07, 6.45) is -0.928. The first-order chi connectivity index (χ1) is 18.9. The highest BCUT2D eigenvalue weighted by molar-refractivity contribution is 6.37. The normalized spacial score (nSPS) is 23.0. The number of carbonyl (C=O) groups excluding carboxylic acids is 4. The number of rotatable bonds is 3. The fourth-order valence-electron chi connectivity index (χ4n) is 6.26. The van der Waals surface area contributed by atoms with Gasteiger partial charge in [0.15, 0.2) is 0 Å². The van der Waals surface area contributed by atoms with Crippen molar-refractivity contribution in [2.75, 3.05) is 4.90 Å². The van der Waals surface area contributed by atoms with Gasteiger partial charge >= 0.3 is 0 Å². The van der Waals surface area contributed by atoms with E-state index in [1.165, 1.54) is 0 Å². The third-order valence-electron chi connectivity index (χ3n) is 8.16. The molecule has 2 fully saturated rings. The molecule has 1 spiro atoms. The Morgan fingerprint density at radius 3 is 1.82 bits per heavy atom. The van der Waals surface area contributed by atoms with Gasteiger partial charge in [0.05, 0.1) is 23.6 Å². The zero-order valence-corrected chi connectivity index (χ0v) is 21.0. The summed E-state index contributed by atoms with van der Waals surface area (Å²) in [6.45, 7) is 1.94. The predicted molar refractivity (Wildman–Crippen MR) is 144 cm³/mol. The Labute approximate surface area is 224 Å². The first kappa shape index (κ1) is 23.4. The van der Waals surface area contributed by atoms with Crippen LogP contribution in [0.25, 0.3) is 11.1 Å². The number of hydrogen-bond donors (Lipinski definition) is 0. The highest BCUT2D eigenvalue weighted by Crippen LogP contribution is 2.57. The average Bonchev–Trinajstić information content (AvgIpc) is 3.54. The number of anilines is 1. The number of fused-ring (bicyclic) bond motifs is 3. The Morgan fingerprint density at radius 2 is 1.21 bits per heavy atom. The molecular formula is C33H23NO5. The molecule has 6 nitrogen and oxygen atoms in total. The second-order valence-electron chi connectivity index (χ2n) is 10.3. The zero-order chi connectivity index (χ0) is 26.9. The van der Waals surface area contributed by atoms with Crippen LogP contribution in [-0.2, 0) is 14.3 Å². The standard InChI is InChI=1S/C33H23NO5/c1-19-11-13-22(14-12-19)28-26-27(33(39-28)29(35)24-9-5-6-10-25(24)30(33)36)32(38)34(31(26)37)23-17-15-21(16-18-23)20-7-3-2-4-8-20/h2-18,26-28H,1H3/t26-,27+,28-/m1/s1. The van der Waals surface area contributed by atoms with Gasteiger partial charge < -0.3 is 4.74 Å².